The van der Waals surface area contributed by atoms with Crippen LogP contribution in [0.1, 0.15) is 44.7 Å². The van der Waals surface area contributed by atoms with Gasteiger partial charge in [0.25, 0.3) is 0 Å². The standard InChI is InChI=1S/C14H22N2OS/c1-3-16(4-2)13(17)14(7-5-8-14)12(15)11-6-9-18-10-11/h6,9-10,12H,3-5,7-8,15H2,1-2H3. The highest BCUT2D eigenvalue weighted by molar-refractivity contribution is 7.08. The number of carbonyl (C=O) groups excluding carboxylic acids is 1. The fourth-order valence-electron chi connectivity index (χ4n) is 2.81. The van der Waals surface area contributed by atoms with Crippen LogP contribution < -0.4 is 5.73 Å². The van der Waals surface area contributed by atoms with Crippen LogP contribution in [0.25, 0.3) is 0 Å². The van der Waals surface area contributed by atoms with Crippen molar-refractivity contribution >= 4 is 17.2 Å². The van der Waals surface area contributed by atoms with Crippen molar-refractivity contribution in [3.63, 3.8) is 0 Å². The molecule has 1 aliphatic rings. The van der Waals surface area contributed by atoms with Crippen LogP contribution in [0.3, 0.4) is 0 Å². The van der Waals surface area contributed by atoms with Crippen molar-refractivity contribution < 1.29 is 4.79 Å². The second kappa shape index (κ2) is 5.41. The summed E-state index contributed by atoms with van der Waals surface area (Å²) in [7, 11) is 0. The number of hydrogen-bond acceptors (Lipinski definition) is 3. The molecule has 1 aliphatic carbocycles. The Morgan fingerprint density at radius 1 is 1.50 bits per heavy atom. The Balaban J connectivity index is 2.23. The molecule has 0 aromatic carbocycles. The fourth-order valence-corrected chi connectivity index (χ4v) is 3.51. The average molecular weight is 266 g/mol. The second-order valence-electron chi connectivity index (χ2n) is 5.02. The van der Waals surface area contributed by atoms with Crippen LogP contribution in [0, 0.1) is 5.41 Å². The first-order valence-electron chi connectivity index (χ1n) is 6.72. The van der Waals surface area contributed by atoms with Gasteiger partial charge in [-0.05, 0) is 49.1 Å². The van der Waals surface area contributed by atoms with Gasteiger partial charge in [-0.15, -0.1) is 0 Å². The van der Waals surface area contributed by atoms with E-state index < -0.39 is 0 Å². The molecule has 3 nitrogen and oxygen atoms in total. The summed E-state index contributed by atoms with van der Waals surface area (Å²) < 4.78 is 0. The monoisotopic (exact) mass is 266 g/mol. The summed E-state index contributed by atoms with van der Waals surface area (Å²) >= 11 is 1.65. The van der Waals surface area contributed by atoms with Crippen molar-refractivity contribution in [2.24, 2.45) is 11.1 Å². The van der Waals surface area contributed by atoms with Crippen LogP contribution in [-0.4, -0.2) is 23.9 Å². The van der Waals surface area contributed by atoms with E-state index in [4.69, 9.17) is 5.73 Å². The van der Waals surface area contributed by atoms with Gasteiger partial charge in [-0.3, -0.25) is 4.79 Å². The zero-order chi connectivity index (χ0) is 13.2. The van der Waals surface area contributed by atoms with E-state index in [1.165, 1.54) is 0 Å². The molecule has 1 heterocycles. The minimum absolute atomic E-state index is 0.148. The Hall–Kier alpha value is -0.870. The summed E-state index contributed by atoms with van der Waals surface area (Å²) in [6, 6.07) is 1.90. The van der Waals surface area contributed by atoms with Crippen LogP contribution in [0.15, 0.2) is 16.8 Å². The third kappa shape index (κ3) is 2.08. The minimum atomic E-state index is -0.340. The highest BCUT2D eigenvalue weighted by Gasteiger charge is 2.50. The molecule has 2 rings (SSSR count). The lowest BCUT2D eigenvalue weighted by atomic mass is 9.62. The van der Waals surface area contributed by atoms with Crippen molar-refractivity contribution in [2.45, 2.75) is 39.2 Å². The number of amides is 1. The van der Waals surface area contributed by atoms with Crippen LogP contribution >= 0.6 is 11.3 Å². The van der Waals surface area contributed by atoms with Crippen molar-refractivity contribution in [1.82, 2.24) is 4.90 Å². The second-order valence-corrected chi connectivity index (χ2v) is 5.80. The summed E-state index contributed by atoms with van der Waals surface area (Å²) in [6.45, 7) is 5.61. The number of nitrogens with zero attached hydrogens (tertiary/aromatic N) is 1. The van der Waals surface area contributed by atoms with Crippen LogP contribution in [-0.2, 0) is 4.79 Å². The Morgan fingerprint density at radius 2 is 2.17 bits per heavy atom. The summed E-state index contributed by atoms with van der Waals surface area (Å²) in [5.41, 5.74) is 7.16. The molecule has 1 aromatic rings. The van der Waals surface area contributed by atoms with Crippen molar-refractivity contribution in [3.8, 4) is 0 Å². The predicted octanol–water partition coefficient (Wildman–Crippen LogP) is 2.79. The van der Waals surface area contributed by atoms with E-state index in [-0.39, 0.29) is 17.4 Å². The summed E-state index contributed by atoms with van der Waals surface area (Å²) in [4.78, 5) is 14.6. The molecule has 4 heteroatoms. The molecule has 18 heavy (non-hydrogen) atoms. The first-order valence-corrected chi connectivity index (χ1v) is 7.67. The largest absolute Gasteiger partial charge is 0.343 e. The maximum atomic E-state index is 12.7. The van der Waals surface area contributed by atoms with Crippen molar-refractivity contribution in [1.29, 1.82) is 0 Å². The SMILES string of the molecule is CCN(CC)C(=O)C1(C(N)c2ccsc2)CCC1. The number of nitrogens with two attached hydrogens (primary N) is 1. The zero-order valence-electron chi connectivity index (χ0n) is 11.2. The van der Waals surface area contributed by atoms with Gasteiger partial charge < -0.3 is 10.6 Å². The first kappa shape index (κ1) is 13.6. The molecule has 1 unspecified atom stereocenters. The third-order valence-electron chi connectivity index (χ3n) is 4.22. The van der Waals surface area contributed by atoms with E-state index in [9.17, 15) is 4.79 Å². The molecule has 0 radical (unpaired) electrons. The van der Waals surface area contributed by atoms with Crippen LogP contribution in [0.4, 0.5) is 0 Å². The normalized spacial score (nSPS) is 19.1. The van der Waals surface area contributed by atoms with Gasteiger partial charge in [-0.25, -0.2) is 0 Å². The van der Waals surface area contributed by atoms with Gasteiger partial charge in [0.1, 0.15) is 0 Å². The molecule has 1 amide bonds. The van der Waals surface area contributed by atoms with Crippen molar-refractivity contribution in [3.05, 3.63) is 22.4 Å². The molecule has 1 saturated carbocycles. The van der Waals surface area contributed by atoms with E-state index in [1.54, 1.807) is 11.3 Å². The molecule has 0 bridgehead atoms. The quantitative estimate of drug-likeness (QED) is 0.890. The topological polar surface area (TPSA) is 46.3 Å². The van der Waals surface area contributed by atoms with Crippen LogP contribution in [0.5, 0.6) is 0 Å². The van der Waals surface area contributed by atoms with Gasteiger partial charge >= 0.3 is 0 Å². The molecular formula is C14H22N2OS. The Morgan fingerprint density at radius 3 is 2.56 bits per heavy atom. The van der Waals surface area contributed by atoms with E-state index in [0.717, 1.165) is 37.9 Å². The van der Waals surface area contributed by atoms with E-state index in [2.05, 4.69) is 5.38 Å². The molecule has 2 N–H and O–H groups in total. The highest BCUT2D eigenvalue weighted by atomic mass is 32.1. The lowest BCUT2D eigenvalue weighted by Crippen LogP contribution is -2.53. The molecule has 0 aliphatic heterocycles. The molecule has 0 spiro atoms. The molecule has 1 atom stereocenters. The Labute approximate surface area is 113 Å². The minimum Gasteiger partial charge on any atom is -0.343 e. The summed E-state index contributed by atoms with van der Waals surface area (Å²) in [5, 5.41) is 4.10. The first-order chi connectivity index (χ1) is 8.65. The summed E-state index contributed by atoms with van der Waals surface area (Å²) in [5.74, 6) is 0.248. The molecule has 1 aromatic heterocycles. The maximum absolute atomic E-state index is 12.7. The summed E-state index contributed by atoms with van der Waals surface area (Å²) in [6.07, 6.45) is 2.98. The van der Waals surface area contributed by atoms with Crippen molar-refractivity contribution in [2.75, 3.05) is 13.1 Å². The lowest BCUT2D eigenvalue weighted by molar-refractivity contribution is -0.149. The van der Waals surface area contributed by atoms with Gasteiger partial charge in [0.15, 0.2) is 0 Å². The third-order valence-corrected chi connectivity index (χ3v) is 4.92. The Bertz CT molecular complexity index is 394. The van der Waals surface area contributed by atoms with E-state index in [1.807, 2.05) is 30.2 Å². The molecule has 100 valence electrons. The van der Waals surface area contributed by atoms with Gasteiger partial charge in [-0.2, -0.15) is 11.3 Å². The average Bonchev–Trinajstić information content (AvgIpc) is 2.82. The zero-order valence-corrected chi connectivity index (χ0v) is 12.0. The smallest absolute Gasteiger partial charge is 0.230 e. The van der Waals surface area contributed by atoms with Gasteiger partial charge in [0.05, 0.1) is 5.41 Å². The highest BCUT2D eigenvalue weighted by Crippen LogP contribution is 2.50. The van der Waals surface area contributed by atoms with Gasteiger partial charge in [-0.1, -0.05) is 6.42 Å². The molecular weight excluding hydrogens is 244 g/mol. The predicted molar refractivity (Wildman–Crippen MR) is 75.5 cm³/mol. The van der Waals surface area contributed by atoms with E-state index in [0.29, 0.717) is 0 Å². The van der Waals surface area contributed by atoms with E-state index >= 15 is 0 Å². The number of hydrogen-bond donors (Lipinski definition) is 1. The Kier molecular flexibility index (Phi) is 4.07. The molecule has 0 saturated heterocycles. The molecule has 1 fully saturated rings. The maximum Gasteiger partial charge on any atom is 0.230 e. The van der Waals surface area contributed by atoms with Gasteiger partial charge in [0.2, 0.25) is 5.91 Å². The number of rotatable bonds is 5. The number of carbonyl (C=O) groups is 1. The number of thiophene rings is 1. The van der Waals surface area contributed by atoms with Crippen LogP contribution in [0.2, 0.25) is 0 Å². The van der Waals surface area contributed by atoms with Gasteiger partial charge in [0, 0.05) is 19.1 Å². The lowest BCUT2D eigenvalue weighted by Gasteiger charge is -2.47. The fraction of sp³-hybridized carbons (Fsp3) is 0.643.